The zero-order chi connectivity index (χ0) is 7.15. The van der Waals surface area contributed by atoms with Crippen molar-refractivity contribution in [1.29, 1.82) is 0 Å². The summed E-state index contributed by atoms with van der Waals surface area (Å²) in [6.45, 7) is 7.35. The molecule has 3 fully saturated rings. The highest BCUT2D eigenvalue weighted by Gasteiger charge is 2.93. The van der Waals surface area contributed by atoms with Gasteiger partial charge in [0.25, 0.3) is 0 Å². The van der Waals surface area contributed by atoms with Crippen LogP contribution in [0.1, 0.15) is 33.6 Å². The van der Waals surface area contributed by atoms with E-state index >= 15 is 0 Å². The topological polar surface area (TPSA) is 0 Å². The van der Waals surface area contributed by atoms with Gasteiger partial charge in [-0.2, -0.15) is 0 Å². The summed E-state index contributed by atoms with van der Waals surface area (Å²) >= 11 is 0. The van der Waals surface area contributed by atoms with E-state index in [0.29, 0.717) is 0 Å². The van der Waals surface area contributed by atoms with Crippen molar-refractivity contribution >= 4 is 0 Å². The Morgan fingerprint density at radius 2 is 2.20 bits per heavy atom. The minimum atomic E-state index is 0.766. The molecule has 0 aliphatic heterocycles. The molecule has 0 heterocycles. The lowest BCUT2D eigenvalue weighted by Crippen LogP contribution is -2.45. The van der Waals surface area contributed by atoms with E-state index < -0.39 is 0 Å². The van der Waals surface area contributed by atoms with Gasteiger partial charge in [0.1, 0.15) is 0 Å². The minimum absolute atomic E-state index is 0.766. The molecule has 0 N–H and O–H groups in total. The Morgan fingerprint density at radius 1 is 1.50 bits per heavy atom. The van der Waals surface area contributed by atoms with Crippen molar-refractivity contribution in [2.45, 2.75) is 33.6 Å². The third kappa shape index (κ3) is 0.258. The van der Waals surface area contributed by atoms with Crippen molar-refractivity contribution < 1.29 is 0 Å². The fraction of sp³-hybridized carbons (Fsp3) is 1.00. The van der Waals surface area contributed by atoms with Crippen LogP contribution < -0.4 is 0 Å². The van der Waals surface area contributed by atoms with Crippen LogP contribution in [0.15, 0.2) is 0 Å². The zero-order valence-corrected chi connectivity index (χ0v) is 7.15. The fourth-order valence-electron chi connectivity index (χ4n) is 4.17. The normalized spacial score (nSPS) is 75.3. The molecule has 0 bridgehead atoms. The summed E-state index contributed by atoms with van der Waals surface area (Å²) < 4.78 is 0. The van der Waals surface area contributed by atoms with Gasteiger partial charge >= 0.3 is 0 Å². The van der Waals surface area contributed by atoms with Crippen LogP contribution in [-0.2, 0) is 0 Å². The first-order valence-corrected chi connectivity index (χ1v) is 4.68. The zero-order valence-electron chi connectivity index (χ0n) is 7.15. The van der Waals surface area contributed by atoms with Gasteiger partial charge in [-0.05, 0) is 41.4 Å². The molecule has 1 spiro atoms. The Balaban J connectivity index is 1.97. The molecule has 0 heteroatoms. The van der Waals surface area contributed by atoms with E-state index in [1.54, 1.807) is 6.42 Å². The van der Waals surface area contributed by atoms with Crippen LogP contribution in [0.2, 0.25) is 0 Å². The molecule has 10 heavy (non-hydrogen) atoms. The van der Waals surface area contributed by atoms with E-state index in [-0.39, 0.29) is 0 Å². The molecule has 0 amide bonds. The average Bonchev–Trinajstić information content (AvgIpc) is 2.70. The Hall–Kier alpha value is 0. The van der Waals surface area contributed by atoms with Gasteiger partial charge in [-0.1, -0.05) is 20.8 Å². The molecule has 3 aliphatic rings. The SMILES string of the molecule is CCC1(C)C(C)C2C3CC321. The number of fused-ring (bicyclic) bond motifs is 1. The summed E-state index contributed by atoms with van der Waals surface area (Å²) in [6.07, 6.45) is 3.01. The van der Waals surface area contributed by atoms with Crippen LogP contribution in [0, 0.1) is 28.6 Å². The second-order valence-corrected chi connectivity index (χ2v) is 4.94. The van der Waals surface area contributed by atoms with Crippen LogP contribution >= 0.6 is 0 Å². The van der Waals surface area contributed by atoms with Crippen molar-refractivity contribution in [2.24, 2.45) is 28.6 Å². The molecule has 0 nitrogen and oxygen atoms in total. The standard InChI is InChI=1S/C10H16/c1-4-9(3)6(2)8-7-5-10(7,8)9/h6-8H,4-5H2,1-3H3. The molecule has 56 valence electrons. The summed E-state index contributed by atoms with van der Waals surface area (Å²) in [5.41, 5.74) is 1.70. The molecule has 5 unspecified atom stereocenters. The third-order valence-electron chi connectivity index (χ3n) is 5.32. The van der Waals surface area contributed by atoms with Gasteiger partial charge in [-0.15, -0.1) is 0 Å². The second-order valence-electron chi connectivity index (χ2n) is 4.94. The van der Waals surface area contributed by atoms with Crippen LogP contribution in [0.5, 0.6) is 0 Å². The van der Waals surface area contributed by atoms with Crippen LogP contribution in [0.25, 0.3) is 0 Å². The summed E-state index contributed by atoms with van der Waals surface area (Å²) in [6, 6.07) is 0. The monoisotopic (exact) mass is 136 g/mol. The maximum absolute atomic E-state index is 2.52. The summed E-state index contributed by atoms with van der Waals surface area (Å²) in [5.74, 6) is 3.45. The van der Waals surface area contributed by atoms with E-state index in [1.165, 1.54) is 18.3 Å². The molecule has 0 aromatic carbocycles. The van der Waals surface area contributed by atoms with Gasteiger partial charge < -0.3 is 0 Å². The van der Waals surface area contributed by atoms with Crippen molar-refractivity contribution in [2.75, 3.05) is 0 Å². The summed E-state index contributed by atoms with van der Waals surface area (Å²) in [7, 11) is 0. The Morgan fingerprint density at radius 3 is 2.40 bits per heavy atom. The molecule has 5 atom stereocenters. The van der Waals surface area contributed by atoms with Crippen molar-refractivity contribution in [1.82, 2.24) is 0 Å². The van der Waals surface area contributed by atoms with Crippen molar-refractivity contribution in [3.63, 3.8) is 0 Å². The lowest BCUT2D eigenvalue weighted by molar-refractivity contribution is -0.0311. The van der Waals surface area contributed by atoms with E-state index in [9.17, 15) is 0 Å². The molecule has 0 saturated heterocycles. The Labute approximate surface area is 63.0 Å². The number of rotatable bonds is 1. The largest absolute Gasteiger partial charge is 0.0648 e. The summed E-state index contributed by atoms with van der Waals surface area (Å²) in [4.78, 5) is 0. The molecule has 3 rings (SSSR count). The highest BCUT2D eigenvalue weighted by atomic mass is 15.0. The van der Waals surface area contributed by atoms with Crippen LogP contribution in [-0.4, -0.2) is 0 Å². The molecule has 0 aromatic rings. The lowest BCUT2D eigenvalue weighted by atomic mass is 9.53. The molecule has 3 aliphatic carbocycles. The Kier molecular flexibility index (Phi) is 0.612. The number of hydrogen-bond donors (Lipinski definition) is 0. The second kappa shape index (κ2) is 1.09. The third-order valence-corrected chi connectivity index (χ3v) is 5.32. The predicted octanol–water partition coefficient (Wildman–Crippen LogP) is 2.69. The first-order chi connectivity index (χ1) is 4.68. The van der Waals surface area contributed by atoms with Crippen LogP contribution in [0.4, 0.5) is 0 Å². The lowest BCUT2D eigenvalue weighted by Gasteiger charge is -2.51. The van der Waals surface area contributed by atoms with Crippen molar-refractivity contribution in [3.8, 4) is 0 Å². The summed E-state index contributed by atoms with van der Waals surface area (Å²) in [5, 5.41) is 0. The van der Waals surface area contributed by atoms with E-state index in [4.69, 9.17) is 0 Å². The Bertz CT molecular complexity index is 208. The molecule has 3 saturated carbocycles. The van der Waals surface area contributed by atoms with E-state index in [0.717, 1.165) is 16.7 Å². The first kappa shape index (κ1) is 5.62. The van der Waals surface area contributed by atoms with Gasteiger partial charge in [0, 0.05) is 0 Å². The minimum Gasteiger partial charge on any atom is -0.0648 e. The smallest absolute Gasteiger partial charge is 0.0173 e. The molecular weight excluding hydrogens is 120 g/mol. The van der Waals surface area contributed by atoms with Gasteiger partial charge in [0.15, 0.2) is 0 Å². The average molecular weight is 136 g/mol. The molecule has 0 aromatic heterocycles. The van der Waals surface area contributed by atoms with E-state index in [2.05, 4.69) is 20.8 Å². The van der Waals surface area contributed by atoms with Crippen molar-refractivity contribution in [3.05, 3.63) is 0 Å². The fourth-order valence-corrected chi connectivity index (χ4v) is 4.17. The highest BCUT2D eigenvalue weighted by molar-refractivity contribution is 5.40. The first-order valence-electron chi connectivity index (χ1n) is 4.68. The number of hydrogen-bond acceptors (Lipinski definition) is 0. The predicted molar refractivity (Wildman–Crippen MR) is 41.6 cm³/mol. The quantitative estimate of drug-likeness (QED) is 0.520. The highest BCUT2D eigenvalue weighted by Crippen LogP contribution is 2.98. The van der Waals surface area contributed by atoms with E-state index in [1.807, 2.05) is 0 Å². The molecule has 0 radical (unpaired) electrons. The van der Waals surface area contributed by atoms with Gasteiger partial charge in [-0.3, -0.25) is 0 Å². The molecular formula is C10H16. The maximum Gasteiger partial charge on any atom is -0.0173 e. The van der Waals surface area contributed by atoms with Gasteiger partial charge in [0.05, 0.1) is 0 Å². The van der Waals surface area contributed by atoms with Crippen LogP contribution in [0.3, 0.4) is 0 Å². The van der Waals surface area contributed by atoms with Gasteiger partial charge in [-0.25, -0.2) is 0 Å². The van der Waals surface area contributed by atoms with Gasteiger partial charge in [0.2, 0.25) is 0 Å². The maximum atomic E-state index is 2.52.